The van der Waals surface area contributed by atoms with Crippen molar-refractivity contribution in [2.75, 3.05) is 39.9 Å². The lowest BCUT2D eigenvalue weighted by molar-refractivity contribution is -0.137. The molecule has 0 bridgehead atoms. The lowest BCUT2D eigenvalue weighted by Gasteiger charge is -2.34. The Balaban J connectivity index is 2.12. The average molecular weight is 344 g/mol. The highest BCUT2D eigenvalue weighted by molar-refractivity contribution is 5.27. The molecule has 136 valence electrons. The smallest absolute Gasteiger partial charge is 0.383 e. The molecular formula is C18H27F3N2O. The maximum atomic E-state index is 13.0. The van der Waals surface area contributed by atoms with Crippen LogP contribution in [0.2, 0.25) is 0 Å². The van der Waals surface area contributed by atoms with Gasteiger partial charge in [0.1, 0.15) is 0 Å². The molecule has 3 nitrogen and oxygen atoms in total. The van der Waals surface area contributed by atoms with Crippen molar-refractivity contribution in [1.82, 2.24) is 10.2 Å². The van der Waals surface area contributed by atoms with Crippen molar-refractivity contribution in [2.45, 2.75) is 32.0 Å². The molecular weight excluding hydrogens is 317 g/mol. The first-order valence-electron chi connectivity index (χ1n) is 8.52. The number of nitrogens with zero attached hydrogens (tertiary/aromatic N) is 1. The van der Waals surface area contributed by atoms with Crippen LogP contribution in [0.15, 0.2) is 24.3 Å². The van der Waals surface area contributed by atoms with Gasteiger partial charge in [0.2, 0.25) is 0 Å². The summed E-state index contributed by atoms with van der Waals surface area (Å²) >= 11 is 0. The van der Waals surface area contributed by atoms with Gasteiger partial charge in [-0.3, -0.25) is 4.90 Å². The number of ether oxygens (including phenoxy) is 1. The molecule has 0 amide bonds. The summed E-state index contributed by atoms with van der Waals surface area (Å²) < 4.78 is 44.1. The van der Waals surface area contributed by atoms with Crippen molar-refractivity contribution in [1.29, 1.82) is 0 Å². The fourth-order valence-electron chi connectivity index (χ4n) is 3.23. The zero-order valence-corrected chi connectivity index (χ0v) is 14.4. The van der Waals surface area contributed by atoms with Crippen LogP contribution in [0.25, 0.3) is 0 Å². The van der Waals surface area contributed by atoms with Gasteiger partial charge in [-0.15, -0.1) is 0 Å². The van der Waals surface area contributed by atoms with Gasteiger partial charge in [0.25, 0.3) is 0 Å². The lowest BCUT2D eigenvalue weighted by Crippen LogP contribution is -2.39. The van der Waals surface area contributed by atoms with Gasteiger partial charge < -0.3 is 10.1 Å². The minimum absolute atomic E-state index is 0.0719. The number of hydrogen-bond acceptors (Lipinski definition) is 3. The molecule has 1 saturated heterocycles. The zero-order valence-electron chi connectivity index (χ0n) is 14.4. The van der Waals surface area contributed by atoms with Crippen LogP contribution in [0.1, 0.15) is 36.9 Å². The molecule has 0 aliphatic carbocycles. The van der Waals surface area contributed by atoms with E-state index in [1.165, 1.54) is 12.1 Å². The fraction of sp³-hybridized carbons (Fsp3) is 0.667. The number of nitrogens with one attached hydrogen (secondary N) is 1. The van der Waals surface area contributed by atoms with Crippen molar-refractivity contribution in [3.05, 3.63) is 35.4 Å². The summed E-state index contributed by atoms with van der Waals surface area (Å²) in [5.74, 6) is 0.580. The van der Waals surface area contributed by atoms with Crippen LogP contribution in [-0.4, -0.2) is 44.8 Å². The van der Waals surface area contributed by atoms with Gasteiger partial charge in [0, 0.05) is 26.2 Å². The standard InChI is InChI=1S/C18H27F3N2O/c1-14(16-4-3-5-17(12-16)18(19,20)21)23(10-11-24-2)13-15-6-8-22-9-7-15/h3-5,12,14-15,22H,6-11,13H2,1-2H3. The minimum atomic E-state index is -4.30. The Morgan fingerprint density at radius 2 is 2.00 bits per heavy atom. The topological polar surface area (TPSA) is 24.5 Å². The quantitative estimate of drug-likeness (QED) is 0.816. The Labute approximate surface area is 142 Å². The predicted molar refractivity (Wildman–Crippen MR) is 88.9 cm³/mol. The van der Waals surface area contributed by atoms with Gasteiger partial charge in [-0.05, 0) is 56.5 Å². The normalized spacial score (nSPS) is 18.1. The summed E-state index contributed by atoms with van der Waals surface area (Å²) in [5, 5.41) is 3.35. The molecule has 1 atom stereocenters. The van der Waals surface area contributed by atoms with E-state index >= 15 is 0 Å². The summed E-state index contributed by atoms with van der Waals surface area (Å²) in [6, 6.07) is 5.60. The summed E-state index contributed by atoms with van der Waals surface area (Å²) in [6.45, 7) is 6.20. The number of piperidine rings is 1. The third-order valence-corrected chi connectivity index (χ3v) is 4.78. The van der Waals surface area contributed by atoms with E-state index in [4.69, 9.17) is 4.74 Å². The first-order valence-corrected chi connectivity index (χ1v) is 8.52. The molecule has 6 heteroatoms. The second kappa shape index (κ2) is 8.83. The highest BCUT2D eigenvalue weighted by atomic mass is 19.4. The number of benzene rings is 1. The number of halogens is 3. The molecule has 2 rings (SSSR count). The number of rotatable bonds is 7. The first-order chi connectivity index (χ1) is 11.4. The monoisotopic (exact) mass is 344 g/mol. The molecule has 1 aromatic rings. The van der Waals surface area contributed by atoms with E-state index in [0.717, 1.165) is 45.1 Å². The third-order valence-electron chi connectivity index (χ3n) is 4.78. The fourth-order valence-corrected chi connectivity index (χ4v) is 3.23. The molecule has 0 aromatic heterocycles. The molecule has 1 N–H and O–H groups in total. The highest BCUT2D eigenvalue weighted by Crippen LogP contribution is 2.32. The number of methoxy groups -OCH3 is 1. The molecule has 0 saturated carbocycles. The van der Waals surface area contributed by atoms with Crippen molar-refractivity contribution >= 4 is 0 Å². The van der Waals surface area contributed by atoms with Crippen LogP contribution < -0.4 is 5.32 Å². The Morgan fingerprint density at radius 1 is 1.29 bits per heavy atom. The summed E-state index contributed by atoms with van der Waals surface area (Å²) in [6.07, 6.45) is -2.08. The van der Waals surface area contributed by atoms with Crippen molar-refractivity contribution in [3.8, 4) is 0 Å². The molecule has 1 aromatic carbocycles. The van der Waals surface area contributed by atoms with E-state index in [0.29, 0.717) is 18.1 Å². The summed E-state index contributed by atoms with van der Waals surface area (Å²) in [4.78, 5) is 2.25. The predicted octanol–water partition coefficient (Wildman–Crippen LogP) is 3.71. The molecule has 1 heterocycles. The summed E-state index contributed by atoms with van der Waals surface area (Å²) in [7, 11) is 1.65. The van der Waals surface area contributed by atoms with Gasteiger partial charge in [0.05, 0.1) is 12.2 Å². The van der Waals surface area contributed by atoms with Gasteiger partial charge in [-0.2, -0.15) is 13.2 Å². The molecule has 24 heavy (non-hydrogen) atoms. The molecule has 0 radical (unpaired) electrons. The van der Waals surface area contributed by atoms with Crippen LogP contribution in [0, 0.1) is 5.92 Å². The Hall–Kier alpha value is -1.11. The second-order valence-corrected chi connectivity index (χ2v) is 6.48. The SMILES string of the molecule is COCCN(CC1CCNCC1)C(C)c1cccc(C(F)(F)F)c1. The van der Waals surface area contributed by atoms with E-state index < -0.39 is 11.7 Å². The first kappa shape index (κ1) is 19.2. The van der Waals surface area contributed by atoms with E-state index in [-0.39, 0.29) is 6.04 Å². The third kappa shape index (κ3) is 5.46. The zero-order chi connectivity index (χ0) is 17.6. The van der Waals surface area contributed by atoms with Crippen LogP contribution in [0.3, 0.4) is 0 Å². The molecule has 1 unspecified atom stereocenters. The van der Waals surface area contributed by atoms with E-state index in [1.807, 2.05) is 6.92 Å². The van der Waals surface area contributed by atoms with Crippen LogP contribution in [0.5, 0.6) is 0 Å². The second-order valence-electron chi connectivity index (χ2n) is 6.48. The highest BCUT2D eigenvalue weighted by Gasteiger charge is 2.31. The minimum Gasteiger partial charge on any atom is -0.383 e. The number of hydrogen-bond donors (Lipinski definition) is 1. The van der Waals surface area contributed by atoms with E-state index in [2.05, 4.69) is 10.2 Å². The Morgan fingerprint density at radius 3 is 2.62 bits per heavy atom. The summed E-state index contributed by atoms with van der Waals surface area (Å²) in [5.41, 5.74) is 0.121. The van der Waals surface area contributed by atoms with Gasteiger partial charge in [0.15, 0.2) is 0 Å². The molecule has 1 aliphatic rings. The molecule has 0 spiro atoms. The Kier molecular flexibility index (Phi) is 7.07. The Bertz CT molecular complexity index is 501. The largest absolute Gasteiger partial charge is 0.416 e. The van der Waals surface area contributed by atoms with E-state index in [1.54, 1.807) is 13.2 Å². The molecule has 1 aliphatic heterocycles. The van der Waals surface area contributed by atoms with Crippen molar-refractivity contribution in [3.63, 3.8) is 0 Å². The van der Waals surface area contributed by atoms with Gasteiger partial charge in [-0.1, -0.05) is 12.1 Å². The van der Waals surface area contributed by atoms with Crippen LogP contribution in [0.4, 0.5) is 13.2 Å². The van der Waals surface area contributed by atoms with Crippen molar-refractivity contribution < 1.29 is 17.9 Å². The van der Waals surface area contributed by atoms with Gasteiger partial charge in [-0.25, -0.2) is 0 Å². The number of alkyl halides is 3. The van der Waals surface area contributed by atoms with Crippen LogP contribution >= 0.6 is 0 Å². The van der Waals surface area contributed by atoms with Gasteiger partial charge >= 0.3 is 6.18 Å². The molecule has 1 fully saturated rings. The maximum absolute atomic E-state index is 13.0. The maximum Gasteiger partial charge on any atom is 0.416 e. The average Bonchev–Trinajstić information content (AvgIpc) is 2.58. The van der Waals surface area contributed by atoms with Crippen LogP contribution in [-0.2, 0) is 10.9 Å². The van der Waals surface area contributed by atoms with Crippen molar-refractivity contribution in [2.24, 2.45) is 5.92 Å². The van der Waals surface area contributed by atoms with E-state index in [9.17, 15) is 13.2 Å². The lowest BCUT2D eigenvalue weighted by atomic mass is 9.95.